The second-order valence-electron chi connectivity index (χ2n) is 3.79. The number of carbonyl (C=O) groups is 1. The maximum Gasteiger partial charge on any atom is 0.346 e. The normalized spacial score (nSPS) is 16.8. The predicted molar refractivity (Wildman–Crippen MR) is 62.5 cm³/mol. The number of anilines is 1. The Morgan fingerprint density at radius 1 is 1.47 bits per heavy atom. The lowest BCUT2D eigenvalue weighted by molar-refractivity contribution is -0.119. The molecule has 17 heavy (non-hydrogen) atoms. The molecule has 1 aliphatic heterocycles. The lowest BCUT2D eigenvalue weighted by atomic mass is 10.4. The highest BCUT2D eigenvalue weighted by Crippen LogP contribution is 2.11. The summed E-state index contributed by atoms with van der Waals surface area (Å²) in [5, 5.41) is 6.55. The molecule has 2 N–H and O–H groups in total. The molecule has 1 aliphatic rings. The van der Waals surface area contributed by atoms with E-state index in [1.165, 1.54) is 18.1 Å². The van der Waals surface area contributed by atoms with Gasteiger partial charge in [-0.2, -0.15) is 4.98 Å². The van der Waals surface area contributed by atoms with Crippen LogP contribution in [0.1, 0.15) is 6.92 Å². The summed E-state index contributed by atoms with van der Waals surface area (Å²) in [5.41, 5.74) is -0.455. The molecule has 1 fully saturated rings. The van der Waals surface area contributed by atoms with E-state index in [4.69, 9.17) is 0 Å². The Labute approximate surface area is 98.4 Å². The molecule has 0 aromatic carbocycles. The van der Waals surface area contributed by atoms with Gasteiger partial charge in [0.05, 0.1) is 0 Å². The number of H-pyrrole nitrogens is 1. The molecule has 0 saturated carbocycles. The molecule has 0 aliphatic carbocycles. The maximum atomic E-state index is 11.7. The monoisotopic (exact) mass is 237 g/mol. The first-order valence-electron chi connectivity index (χ1n) is 5.50. The van der Waals surface area contributed by atoms with Crippen LogP contribution in [0.5, 0.6) is 0 Å². The number of nitrogens with zero attached hydrogens (tertiary/aromatic N) is 3. The van der Waals surface area contributed by atoms with Crippen LogP contribution < -0.4 is 16.0 Å². The lowest BCUT2D eigenvalue weighted by Gasteiger charge is -2.35. The third-order valence-electron chi connectivity index (χ3n) is 2.55. The summed E-state index contributed by atoms with van der Waals surface area (Å²) >= 11 is 0. The summed E-state index contributed by atoms with van der Waals surface area (Å²) in [5.74, 6) is 0.216. The van der Waals surface area contributed by atoms with Crippen molar-refractivity contribution in [1.29, 1.82) is 0 Å². The molecule has 0 radical (unpaired) electrons. The van der Waals surface area contributed by atoms with Crippen LogP contribution in [0.3, 0.4) is 0 Å². The molecule has 0 spiro atoms. The molecule has 7 heteroatoms. The van der Waals surface area contributed by atoms with Gasteiger partial charge in [-0.05, 0) is 6.07 Å². The zero-order valence-electron chi connectivity index (χ0n) is 9.64. The summed E-state index contributed by atoms with van der Waals surface area (Å²) in [6, 6.07) is 1.62. The van der Waals surface area contributed by atoms with Crippen molar-refractivity contribution in [1.82, 2.24) is 20.3 Å². The third kappa shape index (κ3) is 2.69. The number of amides is 1. The van der Waals surface area contributed by atoms with E-state index in [-0.39, 0.29) is 5.91 Å². The minimum Gasteiger partial charge on any atom is -0.314 e. The molecule has 1 saturated heterocycles. The zero-order chi connectivity index (χ0) is 12.3. The molecule has 2 rings (SSSR count). The van der Waals surface area contributed by atoms with Crippen LogP contribution >= 0.6 is 0 Å². The van der Waals surface area contributed by atoms with Crippen molar-refractivity contribution in [3.05, 3.63) is 22.7 Å². The van der Waals surface area contributed by atoms with Gasteiger partial charge in [-0.15, -0.1) is 0 Å². The number of aromatic nitrogens is 2. The Bertz CT molecular complexity index is 452. The largest absolute Gasteiger partial charge is 0.346 e. The highest BCUT2D eigenvalue weighted by molar-refractivity contribution is 5.89. The average molecular weight is 237 g/mol. The fraction of sp³-hybridized carbons (Fsp3) is 0.500. The van der Waals surface area contributed by atoms with Crippen LogP contribution in [0, 0.1) is 0 Å². The van der Waals surface area contributed by atoms with E-state index < -0.39 is 5.69 Å². The molecule has 7 nitrogen and oxygen atoms in total. The van der Waals surface area contributed by atoms with E-state index in [0.717, 1.165) is 13.1 Å². The summed E-state index contributed by atoms with van der Waals surface area (Å²) in [6.45, 7) is 4.52. The standard InChI is InChI=1S/C10H15N5O2/c1-8(16)15(14-6-4-11-5-7-14)9-2-3-12-10(17)13-9/h2-3,11H,4-7H2,1H3,(H,12,13,17). The van der Waals surface area contributed by atoms with Crippen LogP contribution in [-0.2, 0) is 4.79 Å². The first-order valence-corrected chi connectivity index (χ1v) is 5.50. The predicted octanol–water partition coefficient (Wildman–Crippen LogP) is -1.06. The van der Waals surface area contributed by atoms with Gasteiger partial charge in [-0.1, -0.05) is 0 Å². The average Bonchev–Trinajstić information content (AvgIpc) is 2.30. The van der Waals surface area contributed by atoms with Gasteiger partial charge < -0.3 is 10.3 Å². The van der Waals surface area contributed by atoms with Crippen molar-refractivity contribution in [3.8, 4) is 0 Å². The number of rotatable bonds is 2. The van der Waals surface area contributed by atoms with Gasteiger partial charge in [-0.3, -0.25) is 4.79 Å². The number of aromatic amines is 1. The Kier molecular flexibility index (Phi) is 3.50. The number of nitrogens with one attached hydrogen (secondary N) is 2. The van der Waals surface area contributed by atoms with E-state index in [2.05, 4.69) is 15.3 Å². The molecule has 1 aromatic rings. The molecule has 2 heterocycles. The summed E-state index contributed by atoms with van der Waals surface area (Å²) in [4.78, 5) is 29.1. The Hall–Kier alpha value is -1.73. The topological polar surface area (TPSA) is 81.3 Å². The van der Waals surface area contributed by atoms with Gasteiger partial charge in [0.25, 0.3) is 0 Å². The van der Waals surface area contributed by atoms with Crippen molar-refractivity contribution >= 4 is 11.7 Å². The quantitative estimate of drug-likeness (QED) is 0.685. The molecule has 0 atom stereocenters. The van der Waals surface area contributed by atoms with Crippen LogP contribution in [0.25, 0.3) is 0 Å². The highest BCUT2D eigenvalue weighted by atomic mass is 16.2. The fourth-order valence-electron chi connectivity index (χ4n) is 1.84. The summed E-state index contributed by atoms with van der Waals surface area (Å²) in [6.07, 6.45) is 1.49. The van der Waals surface area contributed by atoms with Crippen LogP contribution in [-0.4, -0.2) is 47.1 Å². The number of hydrogen-bond acceptors (Lipinski definition) is 5. The van der Waals surface area contributed by atoms with Gasteiger partial charge in [0.2, 0.25) is 5.91 Å². The zero-order valence-corrected chi connectivity index (χ0v) is 9.64. The summed E-state index contributed by atoms with van der Waals surface area (Å²) in [7, 11) is 0. The van der Waals surface area contributed by atoms with Crippen molar-refractivity contribution < 1.29 is 4.79 Å². The van der Waals surface area contributed by atoms with Crippen molar-refractivity contribution in [3.63, 3.8) is 0 Å². The number of piperazine rings is 1. The first kappa shape index (κ1) is 11.7. The minimum absolute atomic E-state index is 0.148. The molecule has 92 valence electrons. The van der Waals surface area contributed by atoms with Crippen molar-refractivity contribution in [2.24, 2.45) is 0 Å². The molecular weight excluding hydrogens is 222 g/mol. The van der Waals surface area contributed by atoms with Gasteiger partial charge in [0.15, 0.2) is 5.82 Å². The lowest BCUT2D eigenvalue weighted by Crippen LogP contribution is -2.54. The Morgan fingerprint density at radius 3 is 2.76 bits per heavy atom. The summed E-state index contributed by atoms with van der Waals surface area (Å²) < 4.78 is 0. The van der Waals surface area contributed by atoms with E-state index in [9.17, 15) is 9.59 Å². The minimum atomic E-state index is -0.455. The fourth-order valence-corrected chi connectivity index (χ4v) is 1.84. The third-order valence-corrected chi connectivity index (χ3v) is 2.55. The highest BCUT2D eigenvalue weighted by Gasteiger charge is 2.23. The number of hydrogen-bond donors (Lipinski definition) is 2. The molecule has 0 unspecified atom stereocenters. The van der Waals surface area contributed by atoms with E-state index in [0.29, 0.717) is 18.9 Å². The second kappa shape index (κ2) is 5.07. The molecule has 0 bridgehead atoms. The Morgan fingerprint density at radius 2 is 2.18 bits per heavy atom. The van der Waals surface area contributed by atoms with Crippen molar-refractivity contribution in [2.45, 2.75) is 6.92 Å². The van der Waals surface area contributed by atoms with Crippen LogP contribution in [0.2, 0.25) is 0 Å². The molecule has 1 aromatic heterocycles. The molecular formula is C10H15N5O2. The van der Waals surface area contributed by atoms with Crippen molar-refractivity contribution in [2.75, 3.05) is 31.2 Å². The number of carbonyl (C=O) groups excluding carboxylic acids is 1. The maximum absolute atomic E-state index is 11.7. The van der Waals surface area contributed by atoms with Crippen LogP contribution in [0.4, 0.5) is 5.82 Å². The smallest absolute Gasteiger partial charge is 0.314 e. The van der Waals surface area contributed by atoms with Gasteiger partial charge in [0.1, 0.15) is 0 Å². The number of hydrazine groups is 1. The SMILES string of the molecule is CC(=O)N(c1cc[nH]c(=O)n1)N1CCNCC1. The van der Waals surface area contributed by atoms with Gasteiger partial charge >= 0.3 is 5.69 Å². The van der Waals surface area contributed by atoms with E-state index in [1.54, 1.807) is 6.07 Å². The van der Waals surface area contributed by atoms with Gasteiger partial charge in [0, 0.05) is 39.3 Å². The second-order valence-corrected chi connectivity index (χ2v) is 3.79. The first-order chi connectivity index (χ1) is 8.18. The van der Waals surface area contributed by atoms with E-state index >= 15 is 0 Å². The van der Waals surface area contributed by atoms with Gasteiger partial charge in [-0.25, -0.2) is 14.8 Å². The van der Waals surface area contributed by atoms with E-state index in [1.807, 2.05) is 5.01 Å². The Balaban J connectivity index is 2.28. The molecule has 1 amide bonds. The van der Waals surface area contributed by atoms with Crippen LogP contribution in [0.15, 0.2) is 17.1 Å².